The molecule has 2 aromatic heterocycles. The molecular formula is C5H6ClN5. The van der Waals surface area contributed by atoms with E-state index in [1.54, 1.807) is 29.5 Å². The molecule has 0 saturated heterocycles. The molecule has 0 unspecified atom stereocenters. The predicted molar refractivity (Wildman–Crippen MR) is 40.8 cm³/mol. The second kappa shape index (κ2) is 3.16. The Labute approximate surface area is 68.9 Å². The number of halogens is 1. The van der Waals surface area contributed by atoms with E-state index in [1.165, 1.54) is 0 Å². The van der Waals surface area contributed by atoms with Gasteiger partial charge in [0.25, 0.3) is 0 Å². The molecule has 6 heteroatoms. The Morgan fingerprint density at radius 1 is 1.45 bits per heavy atom. The average Bonchev–Trinajstić information content (AvgIpc) is 2.59. The number of imidazole rings is 1. The van der Waals surface area contributed by atoms with Crippen LogP contribution < -0.4 is 0 Å². The first-order chi connectivity index (χ1) is 4.97. The summed E-state index contributed by atoms with van der Waals surface area (Å²) in [5.74, 6) is 0.748. The van der Waals surface area contributed by atoms with Crippen LogP contribution in [0.15, 0.2) is 24.9 Å². The fraction of sp³-hybridized carbons (Fsp3) is 0. The Bertz CT molecular complexity index is 254. The maximum absolute atomic E-state index is 3.86. The van der Waals surface area contributed by atoms with Gasteiger partial charge < -0.3 is 0 Å². The fourth-order valence-corrected chi connectivity index (χ4v) is 0.715. The molecule has 0 aliphatic heterocycles. The van der Waals surface area contributed by atoms with Crippen molar-refractivity contribution in [2.75, 3.05) is 0 Å². The van der Waals surface area contributed by atoms with Crippen molar-refractivity contribution in [1.29, 1.82) is 0 Å². The lowest BCUT2D eigenvalue weighted by Crippen LogP contribution is -1.88. The Kier molecular flexibility index (Phi) is 2.22. The van der Waals surface area contributed by atoms with Gasteiger partial charge in [0.1, 0.15) is 6.33 Å². The Morgan fingerprint density at radius 3 is 2.91 bits per heavy atom. The van der Waals surface area contributed by atoms with Crippen molar-refractivity contribution >= 4 is 12.4 Å². The standard InChI is InChI=1S/C5H5N5.ClH/c1-2-10(4-6-1)5-3-7-9-8-5;/h1-4H,(H,7,8,9);1H. The second-order valence-corrected chi connectivity index (χ2v) is 1.80. The molecule has 58 valence electrons. The van der Waals surface area contributed by atoms with Crippen molar-refractivity contribution in [3.05, 3.63) is 24.9 Å². The third kappa shape index (κ3) is 1.38. The van der Waals surface area contributed by atoms with Gasteiger partial charge in [-0.1, -0.05) is 0 Å². The summed E-state index contributed by atoms with van der Waals surface area (Å²) >= 11 is 0. The van der Waals surface area contributed by atoms with Crippen LogP contribution in [-0.4, -0.2) is 25.0 Å². The van der Waals surface area contributed by atoms with Crippen LogP contribution in [0.2, 0.25) is 0 Å². The average molecular weight is 172 g/mol. The summed E-state index contributed by atoms with van der Waals surface area (Å²) in [4.78, 5) is 3.86. The number of aromatic amines is 1. The lowest BCUT2D eigenvalue weighted by atomic mass is 10.7. The molecule has 2 aromatic rings. The highest BCUT2D eigenvalue weighted by Crippen LogP contribution is 1.96. The van der Waals surface area contributed by atoms with Gasteiger partial charge in [-0.25, -0.2) is 4.98 Å². The molecule has 0 amide bonds. The Balaban J connectivity index is 0.000000605. The van der Waals surface area contributed by atoms with Gasteiger partial charge in [0.05, 0.1) is 6.20 Å². The van der Waals surface area contributed by atoms with Gasteiger partial charge >= 0.3 is 0 Å². The van der Waals surface area contributed by atoms with Crippen LogP contribution in [0.3, 0.4) is 0 Å². The number of rotatable bonds is 1. The Hall–Kier alpha value is -1.36. The summed E-state index contributed by atoms with van der Waals surface area (Å²) in [7, 11) is 0. The molecule has 0 aliphatic carbocycles. The lowest BCUT2D eigenvalue weighted by molar-refractivity contribution is 0.906. The minimum absolute atomic E-state index is 0. The molecule has 11 heavy (non-hydrogen) atoms. The highest BCUT2D eigenvalue weighted by Gasteiger charge is 1.94. The highest BCUT2D eigenvalue weighted by atomic mass is 35.5. The van der Waals surface area contributed by atoms with Crippen molar-refractivity contribution in [3.8, 4) is 5.82 Å². The minimum Gasteiger partial charge on any atom is -0.288 e. The number of aromatic nitrogens is 5. The molecule has 0 aromatic carbocycles. The summed E-state index contributed by atoms with van der Waals surface area (Å²) in [5, 5.41) is 10.0. The molecule has 5 nitrogen and oxygen atoms in total. The maximum atomic E-state index is 3.86. The molecule has 0 saturated carbocycles. The summed E-state index contributed by atoms with van der Waals surface area (Å²) in [6.07, 6.45) is 6.78. The van der Waals surface area contributed by atoms with E-state index >= 15 is 0 Å². The lowest BCUT2D eigenvalue weighted by Gasteiger charge is -1.89. The molecule has 2 heterocycles. The number of hydrogen-bond acceptors (Lipinski definition) is 3. The first-order valence-corrected chi connectivity index (χ1v) is 2.81. The molecule has 0 fully saturated rings. The minimum atomic E-state index is 0. The number of nitrogens with one attached hydrogen (secondary N) is 1. The maximum Gasteiger partial charge on any atom is 0.180 e. The molecule has 1 N–H and O–H groups in total. The van der Waals surface area contributed by atoms with Gasteiger partial charge in [-0.05, 0) is 0 Å². The molecule has 0 atom stereocenters. The van der Waals surface area contributed by atoms with Crippen LogP contribution in [0.1, 0.15) is 0 Å². The van der Waals surface area contributed by atoms with Gasteiger partial charge in [0.2, 0.25) is 0 Å². The molecular weight excluding hydrogens is 166 g/mol. The van der Waals surface area contributed by atoms with Crippen molar-refractivity contribution in [1.82, 2.24) is 25.0 Å². The number of hydrogen-bond donors (Lipinski definition) is 1. The normalized spacial score (nSPS) is 9.09. The topological polar surface area (TPSA) is 59.4 Å². The van der Waals surface area contributed by atoms with E-state index in [9.17, 15) is 0 Å². The SMILES string of the molecule is Cl.c1cn(-c2cn[nH]n2)cn1. The van der Waals surface area contributed by atoms with Crippen LogP contribution in [0, 0.1) is 0 Å². The van der Waals surface area contributed by atoms with Gasteiger partial charge in [0.15, 0.2) is 5.82 Å². The van der Waals surface area contributed by atoms with E-state index in [1.807, 2.05) is 0 Å². The van der Waals surface area contributed by atoms with Crippen LogP contribution in [-0.2, 0) is 0 Å². The van der Waals surface area contributed by atoms with Crippen molar-refractivity contribution in [2.45, 2.75) is 0 Å². The third-order valence-corrected chi connectivity index (χ3v) is 1.17. The van der Waals surface area contributed by atoms with Gasteiger partial charge in [-0.15, -0.1) is 17.5 Å². The van der Waals surface area contributed by atoms with Crippen LogP contribution >= 0.6 is 12.4 Å². The molecule has 0 spiro atoms. The quantitative estimate of drug-likeness (QED) is 0.676. The Morgan fingerprint density at radius 2 is 2.36 bits per heavy atom. The summed E-state index contributed by atoms with van der Waals surface area (Å²) in [5.41, 5.74) is 0. The smallest absolute Gasteiger partial charge is 0.180 e. The van der Waals surface area contributed by atoms with Gasteiger partial charge in [-0.3, -0.25) is 4.57 Å². The van der Waals surface area contributed by atoms with Gasteiger partial charge in [-0.2, -0.15) is 10.3 Å². The van der Waals surface area contributed by atoms with E-state index in [2.05, 4.69) is 20.4 Å². The van der Waals surface area contributed by atoms with Crippen LogP contribution in [0.5, 0.6) is 0 Å². The first-order valence-electron chi connectivity index (χ1n) is 2.81. The summed E-state index contributed by atoms with van der Waals surface area (Å²) in [6, 6.07) is 0. The van der Waals surface area contributed by atoms with Crippen LogP contribution in [0.4, 0.5) is 0 Å². The zero-order chi connectivity index (χ0) is 6.81. The van der Waals surface area contributed by atoms with Gasteiger partial charge in [0, 0.05) is 12.4 Å². The van der Waals surface area contributed by atoms with Crippen molar-refractivity contribution in [2.24, 2.45) is 0 Å². The van der Waals surface area contributed by atoms with Crippen molar-refractivity contribution < 1.29 is 0 Å². The second-order valence-electron chi connectivity index (χ2n) is 1.80. The van der Waals surface area contributed by atoms with E-state index in [0.29, 0.717) is 0 Å². The largest absolute Gasteiger partial charge is 0.288 e. The molecule has 0 aliphatic rings. The fourth-order valence-electron chi connectivity index (χ4n) is 0.715. The monoisotopic (exact) mass is 171 g/mol. The molecule has 2 rings (SSSR count). The third-order valence-electron chi connectivity index (χ3n) is 1.17. The van der Waals surface area contributed by atoms with Crippen molar-refractivity contribution in [3.63, 3.8) is 0 Å². The van der Waals surface area contributed by atoms with E-state index < -0.39 is 0 Å². The number of nitrogens with zero attached hydrogens (tertiary/aromatic N) is 4. The molecule has 0 radical (unpaired) electrons. The predicted octanol–water partition coefficient (Wildman–Crippen LogP) is 0.412. The highest BCUT2D eigenvalue weighted by molar-refractivity contribution is 5.85. The molecule has 0 bridgehead atoms. The zero-order valence-electron chi connectivity index (χ0n) is 5.51. The first kappa shape index (κ1) is 7.74. The van der Waals surface area contributed by atoms with E-state index in [-0.39, 0.29) is 12.4 Å². The van der Waals surface area contributed by atoms with E-state index in [0.717, 1.165) is 5.82 Å². The van der Waals surface area contributed by atoms with E-state index in [4.69, 9.17) is 0 Å². The number of H-pyrrole nitrogens is 1. The zero-order valence-corrected chi connectivity index (χ0v) is 6.32. The van der Waals surface area contributed by atoms with Crippen LogP contribution in [0.25, 0.3) is 5.82 Å². The summed E-state index contributed by atoms with van der Waals surface area (Å²) in [6.45, 7) is 0. The summed E-state index contributed by atoms with van der Waals surface area (Å²) < 4.78 is 1.77.